The predicted molar refractivity (Wildman–Crippen MR) is 84.6 cm³/mol. The second-order valence-electron chi connectivity index (χ2n) is 4.78. The third kappa shape index (κ3) is 2.46. The Labute approximate surface area is 136 Å². The molecule has 0 saturated carbocycles. The first-order valence-corrected chi connectivity index (χ1v) is 7.24. The molecule has 0 spiro atoms. The lowest BCUT2D eigenvalue weighted by Gasteiger charge is -2.07. The Hall–Kier alpha value is -2.75. The van der Waals surface area contributed by atoms with Gasteiger partial charge in [-0.1, -0.05) is 15.9 Å². The fourth-order valence-corrected chi connectivity index (χ4v) is 2.32. The smallest absolute Gasteiger partial charge is 0.332 e. The molecule has 0 radical (unpaired) electrons. The summed E-state index contributed by atoms with van der Waals surface area (Å²) in [5.41, 5.74) is -1.11. The van der Waals surface area contributed by atoms with E-state index in [0.717, 1.165) is 13.6 Å². The van der Waals surface area contributed by atoms with Gasteiger partial charge in [-0.25, -0.2) is 9.79 Å². The fourth-order valence-electron chi connectivity index (χ4n) is 2.05. The van der Waals surface area contributed by atoms with E-state index in [0.29, 0.717) is 10.4 Å². The topological polar surface area (TPSA) is 107 Å². The summed E-state index contributed by atoms with van der Waals surface area (Å²) in [6, 6.07) is 6.96. The van der Waals surface area contributed by atoms with E-state index in [2.05, 4.69) is 31.1 Å². The molecule has 1 aromatic carbocycles. The molecule has 10 heteroatoms. The van der Waals surface area contributed by atoms with Gasteiger partial charge in [0.2, 0.25) is 0 Å². The van der Waals surface area contributed by atoms with Crippen molar-refractivity contribution in [2.75, 3.05) is 0 Å². The molecule has 0 unspecified atom stereocenters. The average molecular weight is 379 g/mol. The number of hydrogen-bond donors (Lipinski definition) is 1. The van der Waals surface area contributed by atoms with E-state index < -0.39 is 11.2 Å². The molecular weight excluding hydrogens is 368 g/mol. The largest absolute Gasteiger partial charge is 0.425 e. The molecule has 0 aliphatic heterocycles. The number of halogens is 1. The van der Waals surface area contributed by atoms with Crippen molar-refractivity contribution in [3.63, 3.8) is 0 Å². The molecule has 118 valence electrons. The van der Waals surface area contributed by atoms with Crippen LogP contribution >= 0.6 is 15.9 Å². The van der Waals surface area contributed by atoms with Crippen molar-refractivity contribution in [2.45, 2.75) is 0 Å². The quantitative estimate of drug-likeness (QED) is 0.602. The zero-order chi connectivity index (χ0) is 16.7. The van der Waals surface area contributed by atoms with Gasteiger partial charge in [0.25, 0.3) is 11.2 Å². The van der Waals surface area contributed by atoms with Crippen molar-refractivity contribution in [3.8, 4) is 0 Å². The second-order valence-corrected chi connectivity index (χ2v) is 5.69. The van der Waals surface area contributed by atoms with Gasteiger partial charge in [-0.3, -0.25) is 13.9 Å². The molecular formula is C13H11BrN6O3. The lowest BCUT2D eigenvalue weighted by molar-refractivity contribution is 0.178. The first-order chi connectivity index (χ1) is 10.9. The van der Waals surface area contributed by atoms with Gasteiger partial charge >= 0.3 is 5.69 Å². The summed E-state index contributed by atoms with van der Waals surface area (Å²) < 4.78 is 3.41. The summed E-state index contributed by atoms with van der Waals surface area (Å²) in [5.74, 6) is 0. The second kappa shape index (κ2) is 5.47. The average Bonchev–Trinajstić information content (AvgIpc) is 2.54. The van der Waals surface area contributed by atoms with Crippen LogP contribution < -0.4 is 16.9 Å². The molecule has 3 aromatic rings. The van der Waals surface area contributed by atoms with E-state index in [1.807, 2.05) is 0 Å². The van der Waals surface area contributed by atoms with Gasteiger partial charge in [0.1, 0.15) is 0 Å². The highest BCUT2D eigenvalue weighted by molar-refractivity contribution is 9.10. The highest BCUT2D eigenvalue weighted by Crippen LogP contribution is 2.15. The maximum Gasteiger partial charge on any atom is 0.332 e. The van der Waals surface area contributed by atoms with Crippen molar-refractivity contribution >= 4 is 32.8 Å². The van der Waals surface area contributed by atoms with Crippen LogP contribution in [-0.4, -0.2) is 29.3 Å². The van der Waals surface area contributed by atoms with Crippen LogP contribution in [-0.2, 0) is 14.1 Å². The summed E-state index contributed by atoms with van der Waals surface area (Å²) in [5, 5.41) is 17.9. The van der Waals surface area contributed by atoms with E-state index in [4.69, 9.17) is 0 Å². The molecule has 1 N–H and O–H groups in total. The molecule has 0 aliphatic rings. The van der Waals surface area contributed by atoms with Gasteiger partial charge in [0.15, 0.2) is 11.2 Å². The Kier molecular flexibility index (Phi) is 3.60. The monoisotopic (exact) mass is 378 g/mol. The van der Waals surface area contributed by atoms with Gasteiger partial charge in [0, 0.05) is 18.6 Å². The van der Waals surface area contributed by atoms with Crippen LogP contribution in [0.25, 0.3) is 11.2 Å². The molecule has 0 saturated heterocycles. The first-order valence-electron chi connectivity index (χ1n) is 6.45. The van der Waals surface area contributed by atoms with Crippen molar-refractivity contribution in [1.82, 2.24) is 24.1 Å². The van der Waals surface area contributed by atoms with Gasteiger partial charge in [-0.2, -0.15) is 0 Å². The predicted octanol–water partition coefficient (Wildman–Crippen LogP) is 0.0609. The maximum atomic E-state index is 12.2. The van der Waals surface area contributed by atoms with Gasteiger partial charge in [-0.05, 0) is 24.3 Å². The van der Waals surface area contributed by atoms with Crippen LogP contribution in [0.2, 0.25) is 0 Å². The lowest BCUT2D eigenvalue weighted by atomic mass is 10.3. The molecule has 0 aliphatic carbocycles. The van der Waals surface area contributed by atoms with Crippen molar-refractivity contribution < 1.29 is 5.21 Å². The molecule has 3 rings (SSSR count). The standard InChI is InChI=1S/C13H11BrN6O3/c1-18-10-9(11(21)19(2)13(18)22)20(23)12(17-16-10)15-8-5-3-7(14)4-6-8/h3-6,23H,1-2H3. The molecule has 23 heavy (non-hydrogen) atoms. The third-order valence-electron chi connectivity index (χ3n) is 3.30. The first kappa shape index (κ1) is 15.2. The minimum atomic E-state index is -0.687. The molecule has 0 atom stereocenters. The highest BCUT2D eigenvalue weighted by Gasteiger charge is 2.14. The van der Waals surface area contributed by atoms with Gasteiger partial charge in [0.05, 0.1) is 5.69 Å². The number of aromatic nitrogens is 5. The number of benzene rings is 1. The Balaban J connectivity index is 2.38. The molecule has 2 heterocycles. The van der Waals surface area contributed by atoms with E-state index in [1.165, 1.54) is 14.1 Å². The molecule has 0 bridgehead atoms. The number of rotatable bonds is 1. The van der Waals surface area contributed by atoms with E-state index in [1.54, 1.807) is 24.3 Å². The van der Waals surface area contributed by atoms with Gasteiger partial charge < -0.3 is 5.21 Å². The Morgan fingerprint density at radius 3 is 2.39 bits per heavy atom. The van der Waals surface area contributed by atoms with Crippen molar-refractivity contribution in [3.05, 3.63) is 55.2 Å². The lowest BCUT2D eigenvalue weighted by Crippen LogP contribution is -2.41. The fraction of sp³-hybridized carbons (Fsp3) is 0.154. The van der Waals surface area contributed by atoms with Gasteiger partial charge in [-0.15, -0.1) is 14.9 Å². The Morgan fingerprint density at radius 2 is 1.74 bits per heavy atom. The zero-order valence-electron chi connectivity index (χ0n) is 12.1. The zero-order valence-corrected chi connectivity index (χ0v) is 13.7. The maximum absolute atomic E-state index is 12.2. The normalized spacial score (nSPS) is 12.0. The molecule has 9 nitrogen and oxygen atoms in total. The van der Waals surface area contributed by atoms with E-state index in [9.17, 15) is 14.8 Å². The summed E-state index contributed by atoms with van der Waals surface area (Å²) in [6.45, 7) is 0. The number of nitrogens with zero attached hydrogens (tertiary/aromatic N) is 6. The third-order valence-corrected chi connectivity index (χ3v) is 3.83. The van der Waals surface area contributed by atoms with Crippen molar-refractivity contribution in [1.29, 1.82) is 0 Å². The number of hydrogen-bond acceptors (Lipinski definition) is 6. The summed E-state index contributed by atoms with van der Waals surface area (Å²) in [4.78, 5) is 28.2. The van der Waals surface area contributed by atoms with Crippen LogP contribution in [0.15, 0.2) is 43.3 Å². The van der Waals surface area contributed by atoms with Crippen LogP contribution in [0.4, 0.5) is 5.69 Å². The van der Waals surface area contributed by atoms with Crippen molar-refractivity contribution in [2.24, 2.45) is 19.1 Å². The van der Waals surface area contributed by atoms with E-state index in [-0.39, 0.29) is 16.8 Å². The van der Waals surface area contributed by atoms with Crippen LogP contribution in [0.5, 0.6) is 0 Å². The SMILES string of the molecule is Cn1c(=O)c2c(nnc(=Nc3ccc(Br)cc3)n2O)n(C)c1=O. The summed E-state index contributed by atoms with van der Waals surface area (Å²) in [7, 11) is 2.75. The minimum absolute atomic E-state index is 0.0321. The summed E-state index contributed by atoms with van der Waals surface area (Å²) in [6.07, 6.45) is 0. The Morgan fingerprint density at radius 1 is 1.09 bits per heavy atom. The molecule has 0 amide bonds. The molecule has 0 fully saturated rings. The Bertz CT molecular complexity index is 1090. The number of aryl methyl sites for hydroxylation is 1. The number of fused-ring (bicyclic) bond motifs is 1. The highest BCUT2D eigenvalue weighted by atomic mass is 79.9. The summed E-state index contributed by atoms with van der Waals surface area (Å²) >= 11 is 3.31. The van der Waals surface area contributed by atoms with Crippen LogP contribution in [0.1, 0.15) is 0 Å². The molecule has 2 aromatic heterocycles. The van der Waals surface area contributed by atoms with Crippen LogP contribution in [0.3, 0.4) is 0 Å². The van der Waals surface area contributed by atoms with Crippen LogP contribution in [0, 0.1) is 0 Å². The minimum Gasteiger partial charge on any atom is -0.425 e. The van der Waals surface area contributed by atoms with E-state index >= 15 is 0 Å².